The van der Waals surface area contributed by atoms with Gasteiger partial charge in [0.25, 0.3) is 0 Å². The zero-order valence-corrected chi connectivity index (χ0v) is 15.2. The van der Waals surface area contributed by atoms with Crippen LogP contribution in [-0.2, 0) is 19.0 Å². The second-order valence-electron chi connectivity index (χ2n) is 6.88. The van der Waals surface area contributed by atoms with Crippen molar-refractivity contribution >= 4 is 5.97 Å². The molecule has 0 heterocycles. The van der Waals surface area contributed by atoms with E-state index in [1.165, 1.54) is 0 Å². The standard InChI is InChI=1S/C18H34O4/c1-8-11-18(12-9-2,16(19)21-10-3)13-15(17(4,5)6)22-14-20-7/h8,15H,1,9-14H2,2-7H3/t15-,18+/m1/s1. The molecule has 0 aliphatic heterocycles. The summed E-state index contributed by atoms with van der Waals surface area (Å²) in [6.07, 6.45) is 4.60. The third kappa shape index (κ3) is 6.49. The van der Waals surface area contributed by atoms with Gasteiger partial charge in [-0.25, -0.2) is 0 Å². The SMILES string of the molecule is C=CC[C@](CCC)(C[C@@H](OCOC)C(C)(C)C)C(=O)OCC. The van der Waals surface area contributed by atoms with Crippen LogP contribution in [0.2, 0.25) is 0 Å². The number of carbonyl (C=O) groups excluding carboxylic acids is 1. The Hall–Kier alpha value is -0.870. The lowest BCUT2D eigenvalue weighted by Crippen LogP contribution is -2.41. The van der Waals surface area contributed by atoms with E-state index in [2.05, 4.69) is 34.3 Å². The molecule has 0 N–H and O–H groups in total. The van der Waals surface area contributed by atoms with Crippen LogP contribution in [0.3, 0.4) is 0 Å². The summed E-state index contributed by atoms with van der Waals surface area (Å²) in [5.74, 6) is -0.146. The molecule has 0 aromatic heterocycles. The van der Waals surface area contributed by atoms with E-state index in [1.54, 1.807) is 7.11 Å². The molecule has 22 heavy (non-hydrogen) atoms. The summed E-state index contributed by atoms with van der Waals surface area (Å²) < 4.78 is 16.3. The van der Waals surface area contributed by atoms with E-state index < -0.39 is 5.41 Å². The van der Waals surface area contributed by atoms with Crippen molar-refractivity contribution in [2.45, 2.75) is 66.4 Å². The molecule has 2 atom stereocenters. The minimum absolute atomic E-state index is 0.0921. The number of ether oxygens (including phenoxy) is 3. The van der Waals surface area contributed by atoms with E-state index >= 15 is 0 Å². The summed E-state index contributed by atoms with van der Waals surface area (Å²) in [5.41, 5.74) is -0.663. The monoisotopic (exact) mass is 314 g/mol. The maximum Gasteiger partial charge on any atom is 0.312 e. The van der Waals surface area contributed by atoms with Crippen molar-refractivity contribution in [3.8, 4) is 0 Å². The highest BCUT2D eigenvalue weighted by atomic mass is 16.7. The average Bonchev–Trinajstić information content (AvgIpc) is 2.42. The lowest BCUT2D eigenvalue weighted by atomic mass is 9.71. The van der Waals surface area contributed by atoms with Gasteiger partial charge in [-0.15, -0.1) is 6.58 Å². The van der Waals surface area contributed by atoms with Gasteiger partial charge < -0.3 is 14.2 Å². The van der Waals surface area contributed by atoms with E-state index in [0.717, 1.165) is 12.8 Å². The Morgan fingerprint density at radius 2 is 1.91 bits per heavy atom. The molecule has 0 aliphatic carbocycles. The first-order valence-corrected chi connectivity index (χ1v) is 8.16. The lowest BCUT2D eigenvalue weighted by Gasteiger charge is -2.38. The van der Waals surface area contributed by atoms with Crippen molar-refractivity contribution < 1.29 is 19.0 Å². The summed E-state index contributed by atoms with van der Waals surface area (Å²) in [6.45, 7) is 14.7. The first kappa shape index (κ1) is 21.1. The molecule has 0 amide bonds. The van der Waals surface area contributed by atoms with Crippen molar-refractivity contribution in [1.82, 2.24) is 0 Å². The maximum atomic E-state index is 12.6. The van der Waals surface area contributed by atoms with Crippen LogP contribution in [0.4, 0.5) is 0 Å². The zero-order chi connectivity index (χ0) is 17.2. The molecule has 4 heteroatoms. The molecule has 0 saturated heterocycles. The van der Waals surface area contributed by atoms with Crippen molar-refractivity contribution in [3.05, 3.63) is 12.7 Å². The summed E-state index contributed by atoms with van der Waals surface area (Å²) >= 11 is 0. The summed E-state index contributed by atoms with van der Waals surface area (Å²) in [5, 5.41) is 0. The van der Waals surface area contributed by atoms with E-state index in [-0.39, 0.29) is 24.3 Å². The quantitative estimate of drug-likeness (QED) is 0.323. The second-order valence-corrected chi connectivity index (χ2v) is 6.88. The molecule has 0 radical (unpaired) electrons. The van der Waals surface area contributed by atoms with Crippen molar-refractivity contribution in [1.29, 1.82) is 0 Å². The van der Waals surface area contributed by atoms with Gasteiger partial charge in [0, 0.05) is 7.11 Å². The minimum Gasteiger partial charge on any atom is -0.466 e. The fourth-order valence-electron chi connectivity index (χ4n) is 2.72. The first-order valence-electron chi connectivity index (χ1n) is 8.16. The molecular weight excluding hydrogens is 280 g/mol. The van der Waals surface area contributed by atoms with Gasteiger partial charge >= 0.3 is 5.97 Å². The maximum absolute atomic E-state index is 12.6. The Balaban J connectivity index is 5.42. The third-order valence-electron chi connectivity index (χ3n) is 3.90. The normalized spacial score (nSPS) is 15.9. The predicted molar refractivity (Wildman–Crippen MR) is 89.6 cm³/mol. The predicted octanol–water partition coefficient (Wildman–Crippen LogP) is 4.34. The molecule has 0 fully saturated rings. The molecule has 0 unspecified atom stereocenters. The van der Waals surface area contributed by atoms with E-state index in [1.807, 2.05) is 13.0 Å². The van der Waals surface area contributed by atoms with Crippen LogP contribution in [0.25, 0.3) is 0 Å². The molecule has 0 aromatic carbocycles. The van der Waals surface area contributed by atoms with E-state index in [9.17, 15) is 4.79 Å². The Morgan fingerprint density at radius 1 is 1.27 bits per heavy atom. The second kappa shape index (κ2) is 10.0. The molecule has 4 nitrogen and oxygen atoms in total. The van der Waals surface area contributed by atoms with Gasteiger partial charge in [-0.1, -0.05) is 40.2 Å². The van der Waals surface area contributed by atoms with Crippen molar-refractivity contribution in [3.63, 3.8) is 0 Å². The molecule has 0 aromatic rings. The van der Waals surface area contributed by atoms with Crippen LogP contribution in [0.15, 0.2) is 12.7 Å². The highest BCUT2D eigenvalue weighted by Gasteiger charge is 2.43. The zero-order valence-electron chi connectivity index (χ0n) is 15.2. The number of esters is 1. The van der Waals surface area contributed by atoms with Gasteiger partial charge in [0.05, 0.1) is 18.1 Å². The molecule has 130 valence electrons. The first-order chi connectivity index (χ1) is 10.3. The smallest absolute Gasteiger partial charge is 0.312 e. The van der Waals surface area contributed by atoms with Gasteiger partial charge in [-0.05, 0) is 31.6 Å². The lowest BCUT2D eigenvalue weighted by molar-refractivity contribution is -0.165. The fraction of sp³-hybridized carbons (Fsp3) is 0.833. The number of carbonyl (C=O) groups is 1. The summed E-state index contributed by atoms with van der Waals surface area (Å²) in [7, 11) is 1.61. The summed E-state index contributed by atoms with van der Waals surface area (Å²) in [4.78, 5) is 12.6. The van der Waals surface area contributed by atoms with Gasteiger partial charge in [-0.2, -0.15) is 0 Å². The number of methoxy groups -OCH3 is 1. The van der Waals surface area contributed by atoms with Crippen LogP contribution in [0.1, 0.15) is 60.3 Å². The van der Waals surface area contributed by atoms with Crippen LogP contribution in [0, 0.1) is 10.8 Å². The number of allylic oxidation sites excluding steroid dienone is 1. The van der Waals surface area contributed by atoms with Gasteiger partial charge in [0.2, 0.25) is 0 Å². The number of hydrogen-bond donors (Lipinski definition) is 0. The van der Waals surface area contributed by atoms with Gasteiger partial charge in [0.1, 0.15) is 6.79 Å². The van der Waals surface area contributed by atoms with Crippen molar-refractivity contribution in [2.75, 3.05) is 20.5 Å². The van der Waals surface area contributed by atoms with Gasteiger partial charge in [0.15, 0.2) is 0 Å². The van der Waals surface area contributed by atoms with E-state index in [0.29, 0.717) is 19.4 Å². The Bertz CT molecular complexity index is 332. The largest absolute Gasteiger partial charge is 0.466 e. The highest BCUT2D eigenvalue weighted by Crippen LogP contribution is 2.40. The Kier molecular flexibility index (Phi) is 9.61. The number of hydrogen-bond acceptors (Lipinski definition) is 4. The van der Waals surface area contributed by atoms with Crippen LogP contribution in [0.5, 0.6) is 0 Å². The highest BCUT2D eigenvalue weighted by molar-refractivity contribution is 5.77. The third-order valence-corrected chi connectivity index (χ3v) is 3.90. The van der Waals surface area contributed by atoms with Crippen LogP contribution in [-0.4, -0.2) is 32.6 Å². The molecule has 0 saturated carbocycles. The fourth-order valence-corrected chi connectivity index (χ4v) is 2.72. The summed E-state index contributed by atoms with van der Waals surface area (Å²) in [6, 6.07) is 0. The van der Waals surface area contributed by atoms with E-state index in [4.69, 9.17) is 14.2 Å². The molecule has 0 spiro atoms. The molecule has 0 rings (SSSR count). The van der Waals surface area contributed by atoms with Crippen molar-refractivity contribution in [2.24, 2.45) is 10.8 Å². The minimum atomic E-state index is -0.571. The van der Waals surface area contributed by atoms with Crippen LogP contribution < -0.4 is 0 Å². The molecule has 0 bridgehead atoms. The average molecular weight is 314 g/mol. The van der Waals surface area contributed by atoms with Crippen LogP contribution >= 0.6 is 0 Å². The topological polar surface area (TPSA) is 44.8 Å². The Morgan fingerprint density at radius 3 is 2.32 bits per heavy atom. The number of rotatable bonds is 11. The molecule has 0 aliphatic rings. The Labute approximate surface area is 136 Å². The molecular formula is C18H34O4. The van der Waals surface area contributed by atoms with Gasteiger partial charge in [-0.3, -0.25) is 4.79 Å².